The maximum atomic E-state index is 13.7. The van der Waals surface area contributed by atoms with Gasteiger partial charge in [0.1, 0.15) is 17.2 Å². The summed E-state index contributed by atoms with van der Waals surface area (Å²) in [6.45, 7) is 1.95. The van der Waals surface area contributed by atoms with Gasteiger partial charge < -0.3 is 20.7 Å². The van der Waals surface area contributed by atoms with Crippen LogP contribution in [0, 0.1) is 11.6 Å². The van der Waals surface area contributed by atoms with Crippen molar-refractivity contribution in [2.24, 2.45) is 5.73 Å². The highest BCUT2D eigenvalue weighted by Crippen LogP contribution is 2.31. The van der Waals surface area contributed by atoms with E-state index in [0.29, 0.717) is 6.54 Å². The predicted octanol–water partition coefficient (Wildman–Crippen LogP) is 2.17. The Morgan fingerprint density at radius 2 is 2.07 bits per heavy atom. The van der Waals surface area contributed by atoms with Gasteiger partial charge in [0.15, 0.2) is 11.6 Å². The molecule has 8 nitrogen and oxygen atoms in total. The minimum absolute atomic E-state index is 0.0478. The number of benzene rings is 1. The molecule has 0 bridgehead atoms. The number of ether oxygens (including phenoxy) is 1. The highest BCUT2D eigenvalue weighted by Gasteiger charge is 2.22. The number of nitrogens with two attached hydrogens (primary N) is 1. The van der Waals surface area contributed by atoms with E-state index in [4.69, 9.17) is 10.5 Å². The summed E-state index contributed by atoms with van der Waals surface area (Å²) in [7, 11) is 3.76. The van der Waals surface area contributed by atoms with Gasteiger partial charge >= 0.3 is 6.03 Å². The summed E-state index contributed by atoms with van der Waals surface area (Å²) in [5.74, 6) is -3.11. The van der Waals surface area contributed by atoms with Crippen molar-refractivity contribution in [2.75, 3.05) is 26.0 Å². The number of anilines is 1. The molecular weight excluding hydrogens is 392 g/mol. The minimum atomic E-state index is -1.05. The second-order valence-corrected chi connectivity index (χ2v) is 6.98. The maximum Gasteiger partial charge on any atom is 0.319 e. The lowest BCUT2D eigenvalue weighted by atomic mass is 10.2. The first kappa shape index (κ1) is 21.5. The van der Waals surface area contributed by atoms with Crippen molar-refractivity contribution in [3.05, 3.63) is 41.0 Å². The third-order valence-corrected chi connectivity index (χ3v) is 4.72. The van der Waals surface area contributed by atoms with E-state index in [9.17, 15) is 18.4 Å². The van der Waals surface area contributed by atoms with Crippen molar-refractivity contribution in [3.63, 3.8) is 0 Å². The van der Waals surface area contributed by atoms with E-state index in [2.05, 4.69) is 15.0 Å². The Morgan fingerprint density at radius 1 is 1.36 bits per heavy atom. The number of halogens is 2. The zero-order valence-corrected chi connectivity index (χ0v) is 16.4. The number of amides is 3. The lowest BCUT2D eigenvalue weighted by Gasteiger charge is -2.19. The van der Waals surface area contributed by atoms with Crippen molar-refractivity contribution in [1.29, 1.82) is 0 Å². The first-order chi connectivity index (χ1) is 13.2. The van der Waals surface area contributed by atoms with Crippen molar-refractivity contribution in [2.45, 2.75) is 19.6 Å². The van der Waals surface area contributed by atoms with E-state index >= 15 is 0 Å². The highest BCUT2D eigenvalue weighted by molar-refractivity contribution is 7.11. The maximum absolute atomic E-state index is 13.7. The molecule has 1 unspecified atom stereocenters. The third kappa shape index (κ3) is 5.36. The summed E-state index contributed by atoms with van der Waals surface area (Å²) in [5, 5.41) is 5.25. The van der Waals surface area contributed by atoms with Crippen LogP contribution in [-0.2, 0) is 6.61 Å². The molecule has 0 saturated carbocycles. The third-order valence-electron chi connectivity index (χ3n) is 3.97. The first-order valence-corrected chi connectivity index (χ1v) is 9.04. The van der Waals surface area contributed by atoms with Crippen molar-refractivity contribution < 1.29 is 23.1 Å². The van der Waals surface area contributed by atoms with Gasteiger partial charge in [-0.3, -0.25) is 10.1 Å². The van der Waals surface area contributed by atoms with Crippen LogP contribution in [0.25, 0.3) is 0 Å². The summed E-state index contributed by atoms with van der Waals surface area (Å²) in [4.78, 5) is 25.7. The normalized spacial score (nSPS) is 11.9. The fourth-order valence-corrected chi connectivity index (χ4v) is 2.79. The average molecular weight is 413 g/mol. The van der Waals surface area contributed by atoms with E-state index in [1.807, 2.05) is 25.9 Å². The highest BCUT2D eigenvalue weighted by atomic mass is 32.1. The van der Waals surface area contributed by atoms with Crippen molar-refractivity contribution in [1.82, 2.24) is 14.6 Å². The zero-order valence-electron chi connectivity index (χ0n) is 15.6. The Kier molecular flexibility index (Phi) is 7.24. The van der Waals surface area contributed by atoms with Gasteiger partial charge in [-0.05, 0) is 38.6 Å². The molecule has 1 aromatic heterocycles. The van der Waals surface area contributed by atoms with Crippen LogP contribution in [0.5, 0.6) is 5.88 Å². The number of nitrogens with one attached hydrogen (secondary N) is 2. The number of nitrogens with zero attached hydrogens (tertiary/aromatic N) is 2. The average Bonchev–Trinajstić information content (AvgIpc) is 3.03. The van der Waals surface area contributed by atoms with Crippen LogP contribution in [-0.4, -0.2) is 47.9 Å². The molecule has 11 heteroatoms. The van der Waals surface area contributed by atoms with Crippen molar-refractivity contribution in [3.8, 4) is 5.88 Å². The van der Waals surface area contributed by atoms with Crippen LogP contribution in [0.2, 0.25) is 0 Å². The Bertz CT molecular complexity index is 859. The van der Waals surface area contributed by atoms with Crippen molar-refractivity contribution >= 4 is 28.5 Å². The number of likely N-dealkylation sites (N-methyl/N-ethyl adjacent to an activating group) is 1. The number of urea groups is 1. The zero-order chi connectivity index (χ0) is 20.8. The number of primary amides is 1. The van der Waals surface area contributed by atoms with E-state index in [1.54, 1.807) is 0 Å². The van der Waals surface area contributed by atoms with Crippen LogP contribution < -0.4 is 21.1 Å². The molecule has 4 N–H and O–H groups in total. The van der Waals surface area contributed by atoms with Crippen LogP contribution in [0.3, 0.4) is 0 Å². The first-order valence-electron chi connectivity index (χ1n) is 8.27. The molecule has 1 heterocycles. The summed E-state index contributed by atoms with van der Waals surface area (Å²) in [6.07, 6.45) is 0. The molecule has 3 amide bonds. The Labute approximate surface area is 164 Å². The Morgan fingerprint density at radius 3 is 2.71 bits per heavy atom. The number of carbonyl (C=O) groups excluding carboxylic acids is 2. The van der Waals surface area contributed by atoms with Gasteiger partial charge in [-0.2, -0.15) is 4.37 Å². The van der Waals surface area contributed by atoms with Crippen LogP contribution in [0.4, 0.5) is 18.6 Å². The Balaban J connectivity index is 2.07. The molecule has 1 atom stereocenters. The van der Waals surface area contributed by atoms with Crippen LogP contribution in [0.1, 0.15) is 22.8 Å². The summed E-state index contributed by atoms with van der Waals surface area (Å²) < 4.78 is 36.2. The molecule has 152 valence electrons. The monoisotopic (exact) mass is 413 g/mol. The molecule has 0 aliphatic carbocycles. The van der Waals surface area contributed by atoms with E-state index < -0.39 is 23.6 Å². The molecule has 0 fully saturated rings. The molecule has 0 spiro atoms. The van der Waals surface area contributed by atoms with Crippen LogP contribution in [0.15, 0.2) is 18.2 Å². The van der Waals surface area contributed by atoms with E-state index in [1.165, 1.54) is 12.1 Å². The molecule has 1 aromatic carbocycles. The van der Waals surface area contributed by atoms with E-state index in [-0.39, 0.29) is 34.7 Å². The Hall–Kier alpha value is -2.79. The second kappa shape index (κ2) is 9.42. The smallest absolute Gasteiger partial charge is 0.319 e. The fraction of sp³-hybridized carbons (Fsp3) is 0.353. The van der Waals surface area contributed by atoms with Gasteiger partial charge in [0, 0.05) is 18.2 Å². The molecule has 2 aromatic rings. The number of carbonyl (C=O) groups is 2. The van der Waals surface area contributed by atoms with Gasteiger partial charge in [0.2, 0.25) is 5.88 Å². The second-order valence-electron chi connectivity index (χ2n) is 6.21. The molecule has 2 rings (SSSR count). The molecule has 0 aliphatic heterocycles. The summed E-state index contributed by atoms with van der Waals surface area (Å²) in [6, 6.07) is 3.21. The summed E-state index contributed by atoms with van der Waals surface area (Å²) >= 11 is 0.790. The standard InChI is InChI=1S/C17H21F2N5O3S/c1-9(24(2)3)7-21-17(26)22-16-12(14(20)25)15(23-28-16)27-8-10-5-4-6-11(18)13(10)19/h4-6,9H,7-8H2,1-3H3,(H2,20,25)(H2,21,22,26). The topological polar surface area (TPSA) is 110 Å². The SMILES string of the molecule is CC(CNC(=O)Nc1snc(OCc2cccc(F)c2F)c1C(N)=O)N(C)C. The minimum Gasteiger partial charge on any atom is -0.471 e. The molecule has 0 aliphatic rings. The van der Waals surface area contributed by atoms with Gasteiger partial charge in [-0.1, -0.05) is 12.1 Å². The van der Waals surface area contributed by atoms with Gasteiger partial charge in [0.05, 0.1) is 0 Å². The number of aromatic nitrogens is 1. The molecule has 28 heavy (non-hydrogen) atoms. The number of hydrogen-bond acceptors (Lipinski definition) is 6. The number of rotatable bonds is 8. The largest absolute Gasteiger partial charge is 0.471 e. The molecule has 0 saturated heterocycles. The predicted molar refractivity (Wildman–Crippen MR) is 101 cm³/mol. The fourth-order valence-electron chi connectivity index (χ4n) is 2.05. The lowest BCUT2D eigenvalue weighted by Crippen LogP contribution is -2.40. The molecular formula is C17H21F2N5O3S. The van der Waals surface area contributed by atoms with Gasteiger partial charge in [-0.25, -0.2) is 13.6 Å². The van der Waals surface area contributed by atoms with Gasteiger partial charge in [0.25, 0.3) is 5.91 Å². The molecule has 0 radical (unpaired) electrons. The quantitative estimate of drug-likeness (QED) is 0.615. The van der Waals surface area contributed by atoms with Gasteiger partial charge in [-0.15, -0.1) is 0 Å². The lowest BCUT2D eigenvalue weighted by molar-refractivity contribution is 0.0996. The van der Waals surface area contributed by atoms with E-state index in [0.717, 1.165) is 17.6 Å². The van der Waals surface area contributed by atoms with Crippen LogP contribution >= 0.6 is 11.5 Å². The number of hydrogen-bond donors (Lipinski definition) is 3. The summed E-state index contributed by atoms with van der Waals surface area (Å²) in [5.41, 5.74) is 5.17.